The number of rotatable bonds is 2. The Bertz CT molecular complexity index is 89.6. The van der Waals surface area contributed by atoms with Gasteiger partial charge < -0.3 is 15.2 Å². The summed E-state index contributed by atoms with van der Waals surface area (Å²) in [5.74, 6) is 0. The van der Waals surface area contributed by atoms with Crippen LogP contribution in [0, 0.1) is 0 Å². The second-order valence-corrected chi connectivity index (χ2v) is 2.79. The Hall–Kier alpha value is -0.120. The molecule has 2 atom stereocenters. The lowest BCUT2D eigenvalue weighted by atomic mass is 10.0. The van der Waals surface area contributed by atoms with Gasteiger partial charge in [0, 0.05) is 19.7 Å². The van der Waals surface area contributed by atoms with Gasteiger partial charge in [0.1, 0.15) is 0 Å². The number of aliphatic hydroxyl groups is 1. The van der Waals surface area contributed by atoms with Crippen molar-refractivity contribution in [1.82, 2.24) is 5.32 Å². The van der Waals surface area contributed by atoms with E-state index in [1.54, 1.807) is 7.11 Å². The van der Waals surface area contributed by atoms with Crippen molar-refractivity contribution in [1.29, 1.82) is 0 Å². The Kier molecular flexibility index (Phi) is 3.12. The number of piperidine rings is 1. The third kappa shape index (κ3) is 2.25. The van der Waals surface area contributed by atoms with Crippen molar-refractivity contribution in [2.24, 2.45) is 0 Å². The molecule has 1 rings (SSSR count). The van der Waals surface area contributed by atoms with Crippen molar-refractivity contribution in [2.75, 3.05) is 20.3 Å². The van der Waals surface area contributed by atoms with E-state index in [-0.39, 0.29) is 6.10 Å². The van der Waals surface area contributed by atoms with E-state index in [2.05, 4.69) is 5.32 Å². The summed E-state index contributed by atoms with van der Waals surface area (Å²) in [5.41, 5.74) is 0. The Labute approximate surface area is 61.4 Å². The van der Waals surface area contributed by atoms with E-state index in [0.717, 1.165) is 19.4 Å². The normalized spacial score (nSPS) is 34.2. The molecule has 0 aromatic carbocycles. The molecule has 0 saturated carbocycles. The van der Waals surface area contributed by atoms with Crippen LogP contribution in [0.3, 0.4) is 0 Å². The van der Waals surface area contributed by atoms with Gasteiger partial charge in [0.05, 0.1) is 12.7 Å². The Morgan fingerprint density at radius 1 is 1.60 bits per heavy atom. The van der Waals surface area contributed by atoms with Gasteiger partial charge >= 0.3 is 0 Å². The van der Waals surface area contributed by atoms with Crippen LogP contribution in [0.2, 0.25) is 0 Å². The number of aliphatic hydroxyl groups excluding tert-OH is 1. The molecule has 0 aromatic rings. The van der Waals surface area contributed by atoms with Gasteiger partial charge in [-0.2, -0.15) is 0 Å². The first-order valence-electron chi connectivity index (χ1n) is 3.73. The molecular formula is C7H15NO2. The van der Waals surface area contributed by atoms with Crippen molar-refractivity contribution >= 4 is 0 Å². The predicted molar refractivity (Wildman–Crippen MR) is 38.9 cm³/mol. The Morgan fingerprint density at radius 2 is 2.40 bits per heavy atom. The van der Waals surface area contributed by atoms with Crippen LogP contribution in [0.25, 0.3) is 0 Å². The highest BCUT2D eigenvalue weighted by Crippen LogP contribution is 2.07. The molecule has 0 unspecified atom stereocenters. The van der Waals surface area contributed by atoms with Gasteiger partial charge in [-0.25, -0.2) is 0 Å². The number of hydrogen-bond acceptors (Lipinski definition) is 3. The summed E-state index contributed by atoms with van der Waals surface area (Å²) >= 11 is 0. The number of hydrogen-bond donors (Lipinski definition) is 2. The van der Waals surface area contributed by atoms with Gasteiger partial charge in [0.15, 0.2) is 0 Å². The van der Waals surface area contributed by atoms with Crippen LogP contribution in [0.15, 0.2) is 0 Å². The zero-order chi connectivity index (χ0) is 7.40. The van der Waals surface area contributed by atoms with Crippen LogP contribution < -0.4 is 5.32 Å². The van der Waals surface area contributed by atoms with E-state index in [0.29, 0.717) is 12.6 Å². The first kappa shape index (κ1) is 7.98. The van der Waals surface area contributed by atoms with Gasteiger partial charge in [-0.05, 0) is 12.8 Å². The van der Waals surface area contributed by atoms with E-state index in [1.165, 1.54) is 0 Å². The zero-order valence-corrected chi connectivity index (χ0v) is 6.34. The minimum Gasteiger partial charge on any atom is -0.392 e. The third-order valence-corrected chi connectivity index (χ3v) is 1.86. The van der Waals surface area contributed by atoms with E-state index in [4.69, 9.17) is 9.84 Å². The first-order chi connectivity index (χ1) is 4.83. The second-order valence-electron chi connectivity index (χ2n) is 2.79. The molecule has 0 radical (unpaired) electrons. The Balaban J connectivity index is 2.13. The third-order valence-electron chi connectivity index (χ3n) is 1.86. The van der Waals surface area contributed by atoms with Crippen LogP contribution in [-0.4, -0.2) is 37.5 Å². The predicted octanol–water partition coefficient (Wildman–Crippen LogP) is -0.254. The molecule has 1 aliphatic rings. The monoisotopic (exact) mass is 145 g/mol. The summed E-state index contributed by atoms with van der Waals surface area (Å²) < 4.78 is 4.97. The summed E-state index contributed by atoms with van der Waals surface area (Å²) in [6.07, 6.45) is 1.78. The smallest absolute Gasteiger partial charge is 0.0665 e. The highest BCUT2D eigenvalue weighted by Gasteiger charge is 2.17. The minimum absolute atomic E-state index is 0.145. The van der Waals surface area contributed by atoms with Crippen LogP contribution in [-0.2, 0) is 4.74 Å². The number of β-amino-alcohol motifs (C(OH)–C–C–N with tert-alkyl or cyclic N) is 1. The SMILES string of the molecule is COC[C@H]1CC[C@@H](O)CN1. The van der Waals surface area contributed by atoms with Crippen LogP contribution >= 0.6 is 0 Å². The van der Waals surface area contributed by atoms with Crippen molar-refractivity contribution in [2.45, 2.75) is 25.0 Å². The van der Waals surface area contributed by atoms with Gasteiger partial charge in [0.2, 0.25) is 0 Å². The van der Waals surface area contributed by atoms with Gasteiger partial charge in [-0.1, -0.05) is 0 Å². The highest BCUT2D eigenvalue weighted by atomic mass is 16.5. The molecule has 3 nitrogen and oxygen atoms in total. The van der Waals surface area contributed by atoms with Crippen molar-refractivity contribution < 1.29 is 9.84 Å². The number of ether oxygens (including phenoxy) is 1. The van der Waals surface area contributed by atoms with Gasteiger partial charge in [-0.3, -0.25) is 0 Å². The lowest BCUT2D eigenvalue weighted by Gasteiger charge is -2.26. The average molecular weight is 145 g/mol. The topological polar surface area (TPSA) is 41.5 Å². The lowest BCUT2D eigenvalue weighted by molar-refractivity contribution is 0.0933. The zero-order valence-electron chi connectivity index (χ0n) is 6.34. The molecular weight excluding hydrogens is 130 g/mol. The number of nitrogens with one attached hydrogen (secondary N) is 1. The van der Waals surface area contributed by atoms with E-state index < -0.39 is 0 Å². The van der Waals surface area contributed by atoms with Gasteiger partial charge in [0.25, 0.3) is 0 Å². The van der Waals surface area contributed by atoms with E-state index in [1.807, 2.05) is 0 Å². The van der Waals surface area contributed by atoms with Crippen molar-refractivity contribution in [3.63, 3.8) is 0 Å². The molecule has 1 aliphatic heterocycles. The Morgan fingerprint density at radius 3 is 2.90 bits per heavy atom. The fourth-order valence-corrected chi connectivity index (χ4v) is 1.24. The molecule has 0 amide bonds. The fourth-order valence-electron chi connectivity index (χ4n) is 1.24. The maximum absolute atomic E-state index is 9.09. The summed E-state index contributed by atoms with van der Waals surface area (Å²) in [7, 11) is 1.70. The maximum atomic E-state index is 9.09. The molecule has 1 heterocycles. The fraction of sp³-hybridized carbons (Fsp3) is 1.00. The minimum atomic E-state index is -0.145. The lowest BCUT2D eigenvalue weighted by Crippen LogP contribution is -2.43. The van der Waals surface area contributed by atoms with Crippen molar-refractivity contribution in [3.05, 3.63) is 0 Å². The molecule has 1 saturated heterocycles. The quantitative estimate of drug-likeness (QED) is 0.563. The molecule has 0 aliphatic carbocycles. The van der Waals surface area contributed by atoms with Crippen LogP contribution in [0.1, 0.15) is 12.8 Å². The van der Waals surface area contributed by atoms with Crippen molar-refractivity contribution in [3.8, 4) is 0 Å². The molecule has 1 fully saturated rings. The molecule has 0 spiro atoms. The summed E-state index contributed by atoms with van der Waals surface area (Å²) in [6.45, 7) is 1.47. The summed E-state index contributed by atoms with van der Waals surface area (Å²) in [6, 6.07) is 0.452. The standard InChI is InChI=1S/C7H15NO2/c1-10-5-6-2-3-7(9)4-8-6/h6-9H,2-5H2,1H3/t6-,7-/m1/s1. The van der Waals surface area contributed by atoms with Crippen LogP contribution in [0.5, 0.6) is 0 Å². The molecule has 10 heavy (non-hydrogen) atoms. The largest absolute Gasteiger partial charge is 0.392 e. The first-order valence-corrected chi connectivity index (χ1v) is 3.73. The molecule has 60 valence electrons. The summed E-state index contributed by atoms with van der Waals surface area (Å²) in [5, 5.41) is 12.3. The molecule has 3 heteroatoms. The summed E-state index contributed by atoms with van der Waals surface area (Å²) in [4.78, 5) is 0. The van der Waals surface area contributed by atoms with Gasteiger partial charge in [-0.15, -0.1) is 0 Å². The highest BCUT2D eigenvalue weighted by molar-refractivity contribution is 4.76. The molecule has 2 N–H and O–H groups in total. The van der Waals surface area contributed by atoms with Crippen LogP contribution in [0.4, 0.5) is 0 Å². The second kappa shape index (κ2) is 3.91. The molecule has 0 aromatic heterocycles. The molecule has 0 bridgehead atoms. The maximum Gasteiger partial charge on any atom is 0.0665 e. The van der Waals surface area contributed by atoms with E-state index in [9.17, 15) is 0 Å². The number of methoxy groups -OCH3 is 1. The average Bonchev–Trinajstić information content (AvgIpc) is 1.95. The van der Waals surface area contributed by atoms with E-state index >= 15 is 0 Å².